The minimum Gasteiger partial charge on any atom is -0.544 e. The van der Waals surface area contributed by atoms with E-state index in [2.05, 4.69) is 0 Å². The van der Waals surface area contributed by atoms with Gasteiger partial charge in [0.15, 0.2) is 23.1 Å². The third kappa shape index (κ3) is 3.78. The molecule has 2 aliphatic carbocycles. The number of allylic oxidation sites excluding steroid dienone is 4. The van der Waals surface area contributed by atoms with E-state index in [-0.39, 0.29) is 18.1 Å². The van der Waals surface area contributed by atoms with E-state index in [1.54, 1.807) is 13.2 Å². The number of ketones is 2. The highest BCUT2D eigenvalue weighted by molar-refractivity contribution is 6.05. The van der Waals surface area contributed by atoms with Crippen LogP contribution < -0.4 is 19.5 Å². The van der Waals surface area contributed by atoms with Crippen LogP contribution in [-0.4, -0.2) is 37.8 Å². The average Bonchev–Trinajstić information content (AvgIpc) is 2.75. The van der Waals surface area contributed by atoms with Gasteiger partial charge in [-0.05, 0) is 37.5 Å². The number of rotatable bonds is 6. The molecule has 1 aromatic carbocycles. The molecule has 0 aromatic heterocycles. The third-order valence-corrected chi connectivity index (χ3v) is 6.36. The number of carbonyl (C=O) groups excluding carboxylic acids is 3. The van der Waals surface area contributed by atoms with Gasteiger partial charge in [-0.25, -0.2) is 0 Å². The molecule has 0 fully saturated rings. The molecule has 1 N–H and O–H groups in total. The van der Waals surface area contributed by atoms with Gasteiger partial charge in [0.2, 0.25) is 0 Å². The summed E-state index contributed by atoms with van der Waals surface area (Å²) < 4.78 is 11.1. The van der Waals surface area contributed by atoms with Gasteiger partial charge in [0.25, 0.3) is 0 Å². The van der Waals surface area contributed by atoms with Crippen molar-refractivity contribution >= 4 is 17.5 Å². The number of Topliss-reactive ketones (excluding diaryl/α,β-unsaturated/α-hetero) is 2. The van der Waals surface area contributed by atoms with Gasteiger partial charge in [-0.1, -0.05) is 6.07 Å². The number of carbonyl (C=O) groups is 3. The van der Waals surface area contributed by atoms with Crippen LogP contribution in [0, 0.1) is 0 Å². The first kappa shape index (κ1) is 21.3. The second-order valence-corrected chi connectivity index (χ2v) is 8.14. The fraction of sp³-hybridized carbons (Fsp3) is 0.458. The highest BCUT2D eigenvalue weighted by Gasteiger charge is 2.46. The van der Waals surface area contributed by atoms with Crippen molar-refractivity contribution in [2.75, 3.05) is 20.3 Å². The van der Waals surface area contributed by atoms with Gasteiger partial charge in [0.05, 0.1) is 36.8 Å². The smallest absolute Gasteiger partial charge is 0.165 e. The molecule has 0 atom stereocenters. The van der Waals surface area contributed by atoms with E-state index in [1.807, 2.05) is 19.1 Å². The SMILES string of the molecule is CCOc1ccc(C2C3=C(CCCC3=O)[NH+](CC(=O)[O-])C3=C2C(=O)CCC3)cc1OC. The molecular weight excluding hydrogens is 398 g/mol. The number of quaternary nitrogens is 1. The summed E-state index contributed by atoms with van der Waals surface area (Å²) in [7, 11) is 1.56. The molecule has 1 aromatic rings. The predicted octanol–water partition coefficient (Wildman–Crippen LogP) is 0.840. The number of methoxy groups -OCH3 is 1. The number of nitrogens with one attached hydrogen (secondary N) is 1. The van der Waals surface area contributed by atoms with E-state index in [1.165, 1.54) is 0 Å². The first-order valence-electron chi connectivity index (χ1n) is 10.9. The van der Waals surface area contributed by atoms with E-state index in [0.717, 1.165) is 17.0 Å². The Hall–Kier alpha value is -2.93. The molecule has 0 bridgehead atoms. The maximum absolute atomic E-state index is 13.1. The minimum absolute atomic E-state index is 0.0140. The lowest BCUT2D eigenvalue weighted by atomic mass is 9.71. The fourth-order valence-corrected chi connectivity index (χ4v) is 5.18. The molecule has 7 heteroatoms. The maximum Gasteiger partial charge on any atom is 0.165 e. The maximum atomic E-state index is 13.1. The lowest BCUT2D eigenvalue weighted by Crippen LogP contribution is -3.11. The Morgan fingerprint density at radius 1 is 1.03 bits per heavy atom. The summed E-state index contributed by atoms with van der Waals surface area (Å²) in [6, 6.07) is 5.51. The van der Waals surface area contributed by atoms with Crippen molar-refractivity contribution in [1.82, 2.24) is 0 Å². The van der Waals surface area contributed by atoms with E-state index in [9.17, 15) is 19.5 Å². The zero-order valence-electron chi connectivity index (χ0n) is 17.9. The third-order valence-electron chi connectivity index (χ3n) is 6.36. The Kier molecular flexibility index (Phi) is 5.96. The topological polar surface area (TPSA) is 97.2 Å². The molecule has 31 heavy (non-hydrogen) atoms. The second-order valence-electron chi connectivity index (χ2n) is 8.14. The molecule has 1 aliphatic heterocycles. The van der Waals surface area contributed by atoms with Gasteiger partial charge in [-0.2, -0.15) is 0 Å². The predicted molar refractivity (Wildman–Crippen MR) is 110 cm³/mol. The van der Waals surface area contributed by atoms with Crippen molar-refractivity contribution in [2.45, 2.75) is 51.4 Å². The van der Waals surface area contributed by atoms with Crippen molar-refractivity contribution < 1.29 is 33.9 Å². The molecule has 3 aliphatic rings. The van der Waals surface area contributed by atoms with Gasteiger partial charge in [-0.3, -0.25) is 14.5 Å². The van der Waals surface area contributed by atoms with Crippen LogP contribution in [0.2, 0.25) is 0 Å². The number of hydrogen-bond donors (Lipinski definition) is 1. The largest absolute Gasteiger partial charge is 0.544 e. The van der Waals surface area contributed by atoms with Crippen LogP contribution >= 0.6 is 0 Å². The Morgan fingerprint density at radius 3 is 2.16 bits per heavy atom. The first-order valence-corrected chi connectivity index (χ1v) is 10.9. The van der Waals surface area contributed by atoms with Crippen molar-refractivity contribution in [3.63, 3.8) is 0 Å². The monoisotopic (exact) mass is 425 g/mol. The zero-order chi connectivity index (χ0) is 22.1. The van der Waals surface area contributed by atoms with Gasteiger partial charge in [0.1, 0.15) is 17.9 Å². The van der Waals surface area contributed by atoms with Gasteiger partial charge < -0.3 is 19.4 Å². The zero-order valence-corrected chi connectivity index (χ0v) is 17.9. The van der Waals surface area contributed by atoms with Crippen LogP contribution in [-0.2, 0) is 14.4 Å². The number of aliphatic carboxylic acids is 1. The lowest BCUT2D eigenvalue weighted by molar-refractivity contribution is -0.819. The van der Waals surface area contributed by atoms with E-state index >= 15 is 0 Å². The summed E-state index contributed by atoms with van der Waals surface area (Å²) in [4.78, 5) is 38.4. The summed E-state index contributed by atoms with van der Waals surface area (Å²) in [5.74, 6) is -0.576. The molecule has 0 unspecified atom stereocenters. The van der Waals surface area contributed by atoms with Crippen molar-refractivity contribution in [1.29, 1.82) is 0 Å². The highest BCUT2D eigenvalue weighted by atomic mass is 16.5. The Morgan fingerprint density at radius 2 is 1.65 bits per heavy atom. The minimum atomic E-state index is -1.19. The second kappa shape index (κ2) is 8.67. The normalized spacial score (nSPS) is 23.4. The number of hydrogen-bond acceptors (Lipinski definition) is 6. The number of ether oxygens (including phenoxy) is 2. The quantitative estimate of drug-likeness (QED) is 0.726. The summed E-state index contributed by atoms with van der Waals surface area (Å²) in [5, 5.41) is 11.5. The van der Waals surface area contributed by atoms with Crippen LogP contribution in [0.1, 0.15) is 56.9 Å². The number of carboxylic acid groups (broad SMARTS) is 1. The lowest BCUT2D eigenvalue weighted by Gasteiger charge is -2.39. The molecule has 0 radical (unpaired) electrons. The Bertz CT molecular complexity index is 961. The van der Waals surface area contributed by atoms with Gasteiger partial charge in [0, 0.05) is 25.7 Å². The Balaban J connectivity index is 1.92. The molecule has 164 valence electrons. The van der Waals surface area contributed by atoms with Gasteiger partial charge in [-0.15, -0.1) is 0 Å². The molecule has 0 amide bonds. The number of carboxylic acids is 1. The van der Waals surface area contributed by atoms with Crippen LogP contribution in [0.5, 0.6) is 11.5 Å². The summed E-state index contributed by atoms with van der Waals surface area (Å²) in [6.45, 7) is 2.11. The van der Waals surface area contributed by atoms with Crippen LogP contribution in [0.25, 0.3) is 0 Å². The fourth-order valence-electron chi connectivity index (χ4n) is 5.18. The standard InChI is InChI=1S/C24H27NO6/c1-3-31-19-11-10-14(12-20(19)30-2)22-23-15(6-4-8-17(23)26)25(13-21(28)29)16-7-5-9-18(27)24(16)22/h10-12,22H,3-9,13H2,1-2H3,(H,28,29). The van der Waals surface area contributed by atoms with Crippen LogP contribution in [0.15, 0.2) is 40.7 Å². The summed E-state index contributed by atoms with van der Waals surface area (Å²) >= 11 is 0. The Labute approximate surface area is 181 Å². The van der Waals surface area contributed by atoms with Crippen molar-refractivity contribution in [2.24, 2.45) is 0 Å². The molecule has 0 saturated heterocycles. The molecule has 7 nitrogen and oxygen atoms in total. The first-order chi connectivity index (χ1) is 15.0. The van der Waals surface area contributed by atoms with E-state index in [4.69, 9.17) is 9.47 Å². The van der Waals surface area contributed by atoms with Crippen LogP contribution in [0.4, 0.5) is 0 Å². The molecule has 4 rings (SSSR count). The molecule has 0 saturated carbocycles. The highest BCUT2D eigenvalue weighted by Crippen LogP contribution is 2.45. The molecule has 0 spiro atoms. The van der Waals surface area contributed by atoms with E-state index < -0.39 is 11.9 Å². The van der Waals surface area contributed by atoms with E-state index in [0.29, 0.717) is 72.7 Å². The van der Waals surface area contributed by atoms with Crippen molar-refractivity contribution in [3.8, 4) is 11.5 Å². The molecule has 1 heterocycles. The molecular formula is C24H27NO6. The van der Waals surface area contributed by atoms with Gasteiger partial charge >= 0.3 is 0 Å². The van der Waals surface area contributed by atoms with Crippen molar-refractivity contribution in [3.05, 3.63) is 46.3 Å². The summed E-state index contributed by atoms with van der Waals surface area (Å²) in [6.07, 6.45) is 3.45. The number of benzene rings is 1. The summed E-state index contributed by atoms with van der Waals surface area (Å²) in [5.41, 5.74) is 3.53. The average molecular weight is 425 g/mol. The van der Waals surface area contributed by atoms with Crippen LogP contribution in [0.3, 0.4) is 0 Å².